The van der Waals surface area contributed by atoms with E-state index in [1.165, 1.54) is 0 Å². The molecule has 11 heteroatoms. The molecule has 0 aliphatic carbocycles. The average molecular weight is 359 g/mol. The normalized spacial score (nSPS) is 13.9. The molecular weight excluding hydrogens is 334 g/mol. The number of carboxylic acids is 1. The van der Waals surface area contributed by atoms with E-state index >= 15 is 0 Å². The minimum absolute atomic E-state index is 0.275. The monoisotopic (exact) mass is 359 g/mol. The van der Waals surface area contributed by atoms with Crippen molar-refractivity contribution >= 4 is 29.6 Å². The largest absolute Gasteiger partial charge is 0.480 e. The molecule has 0 aromatic carbocycles. The zero-order chi connectivity index (χ0) is 19.6. The van der Waals surface area contributed by atoms with Crippen LogP contribution in [0.2, 0.25) is 0 Å². The molecular formula is C14H25N5O6. The van der Waals surface area contributed by atoms with Crippen LogP contribution < -0.4 is 27.4 Å². The molecule has 4 amide bonds. The van der Waals surface area contributed by atoms with E-state index in [9.17, 15) is 24.0 Å². The molecule has 3 unspecified atom stereocenters. The predicted octanol–water partition coefficient (Wildman–Crippen LogP) is -2.96. The molecule has 0 fully saturated rings. The van der Waals surface area contributed by atoms with Crippen LogP contribution in [0.25, 0.3) is 0 Å². The molecule has 0 rings (SSSR count). The Morgan fingerprint density at radius 2 is 1.60 bits per heavy atom. The summed E-state index contributed by atoms with van der Waals surface area (Å²) in [6.07, 6.45) is 0.198. The van der Waals surface area contributed by atoms with Gasteiger partial charge in [0.1, 0.15) is 6.04 Å². The smallest absolute Gasteiger partial charge is 0.326 e. The molecule has 25 heavy (non-hydrogen) atoms. The molecule has 8 N–H and O–H groups in total. The number of carbonyl (C=O) groups is 5. The van der Waals surface area contributed by atoms with Crippen molar-refractivity contribution in [1.29, 1.82) is 0 Å². The number of hydrogen-bond donors (Lipinski definition) is 6. The van der Waals surface area contributed by atoms with Gasteiger partial charge in [0.2, 0.25) is 23.6 Å². The number of amides is 4. The zero-order valence-corrected chi connectivity index (χ0v) is 14.2. The number of carboxylic acid groups (broad SMARTS) is 1. The summed E-state index contributed by atoms with van der Waals surface area (Å²) in [6, 6.07) is -2.22. The Bertz CT molecular complexity index is 524. The van der Waals surface area contributed by atoms with Crippen LogP contribution in [-0.2, 0) is 24.0 Å². The van der Waals surface area contributed by atoms with Gasteiger partial charge in [-0.2, -0.15) is 0 Å². The van der Waals surface area contributed by atoms with E-state index in [0.29, 0.717) is 6.42 Å². The van der Waals surface area contributed by atoms with Gasteiger partial charge in [-0.05, 0) is 5.92 Å². The molecule has 0 radical (unpaired) electrons. The second kappa shape index (κ2) is 11.0. The van der Waals surface area contributed by atoms with Crippen LogP contribution in [0.1, 0.15) is 26.7 Å². The predicted molar refractivity (Wildman–Crippen MR) is 86.8 cm³/mol. The summed E-state index contributed by atoms with van der Waals surface area (Å²) in [6.45, 7) is 2.58. The van der Waals surface area contributed by atoms with E-state index in [-0.39, 0.29) is 12.3 Å². The van der Waals surface area contributed by atoms with Crippen molar-refractivity contribution in [1.82, 2.24) is 16.0 Å². The summed E-state index contributed by atoms with van der Waals surface area (Å²) in [5.41, 5.74) is 10.3. The van der Waals surface area contributed by atoms with E-state index in [4.69, 9.17) is 16.6 Å². The molecule has 0 aliphatic rings. The maximum absolute atomic E-state index is 11.7. The first-order valence-electron chi connectivity index (χ1n) is 7.68. The van der Waals surface area contributed by atoms with E-state index in [1.807, 2.05) is 0 Å². The van der Waals surface area contributed by atoms with E-state index < -0.39 is 54.8 Å². The van der Waals surface area contributed by atoms with Gasteiger partial charge in [-0.1, -0.05) is 20.3 Å². The molecule has 3 atom stereocenters. The lowest BCUT2D eigenvalue weighted by atomic mass is 9.99. The first-order valence-corrected chi connectivity index (χ1v) is 7.68. The lowest BCUT2D eigenvalue weighted by molar-refractivity contribution is -0.143. The number of primary amides is 1. The van der Waals surface area contributed by atoms with E-state index in [1.54, 1.807) is 13.8 Å². The van der Waals surface area contributed by atoms with Crippen molar-refractivity contribution in [2.24, 2.45) is 17.4 Å². The summed E-state index contributed by atoms with van der Waals surface area (Å²) >= 11 is 0. The maximum Gasteiger partial charge on any atom is 0.326 e. The van der Waals surface area contributed by atoms with Gasteiger partial charge in [-0.25, -0.2) is 4.79 Å². The Morgan fingerprint density at radius 3 is 2.08 bits per heavy atom. The van der Waals surface area contributed by atoms with Gasteiger partial charge >= 0.3 is 5.97 Å². The second-order valence-electron chi connectivity index (χ2n) is 5.54. The molecule has 0 spiro atoms. The molecule has 142 valence electrons. The van der Waals surface area contributed by atoms with Gasteiger partial charge in [0.25, 0.3) is 0 Å². The van der Waals surface area contributed by atoms with Crippen molar-refractivity contribution in [3.63, 3.8) is 0 Å². The highest BCUT2D eigenvalue weighted by atomic mass is 16.4. The minimum atomic E-state index is -1.17. The average Bonchev–Trinajstić information content (AvgIpc) is 2.53. The van der Waals surface area contributed by atoms with Gasteiger partial charge in [0.05, 0.1) is 25.6 Å². The molecule has 0 heterocycles. The highest BCUT2D eigenvalue weighted by Gasteiger charge is 2.25. The summed E-state index contributed by atoms with van der Waals surface area (Å²) in [4.78, 5) is 56.5. The van der Waals surface area contributed by atoms with Crippen LogP contribution in [0, 0.1) is 5.92 Å². The quantitative estimate of drug-likeness (QED) is 0.227. The molecule has 11 nitrogen and oxygen atoms in total. The Kier molecular flexibility index (Phi) is 9.79. The van der Waals surface area contributed by atoms with Crippen molar-refractivity contribution < 1.29 is 29.1 Å². The Balaban J connectivity index is 4.24. The highest BCUT2D eigenvalue weighted by Crippen LogP contribution is 2.07. The third kappa shape index (κ3) is 9.25. The molecule has 0 aromatic rings. The van der Waals surface area contributed by atoms with Crippen molar-refractivity contribution in [3.8, 4) is 0 Å². The van der Waals surface area contributed by atoms with Crippen molar-refractivity contribution in [2.75, 3.05) is 13.1 Å². The van der Waals surface area contributed by atoms with Gasteiger partial charge in [0, 0.05) is 0 Å². The van der Waals surface area contributed by atoms with Crippen LogP contribution in [-0.4, -0.2) is 59.9 Å². The fourth-order valence-electron chi connectivity index (χ4n) is 1.76. The number of carbonyl (C=O) groups excluding carboxylic acids is 4. The minimum Gasteiger partial charge on any atom is -0.480 e. The topological polar surface area (TPSA) is 194 Å². The van der Waals surface area contributed by atoms with Gasteiger partial charge in [-0.15, -0.1) is 0 Å². The Morgan fingerprint density at radius 1 is 1.04 bits per heavy atom. The Hall–Kier alpha value is -2.69. The zero-order valence-electron chi connectivity index (χ0n) is 14.2. The summed E-state index contributed by atoms with van der Waals surface area (Å²) in [5, 5.41) is 15.8. The van der Waals surface area contributed by atoms with Gasteiger partial charge in [-0.3, -0.25) is 19.2 Å². The van der Waals surface area contributed by atoms with Crippen LogP contribution in [0.15, 0.2) is 0 Å². The SMILES string of the molecule is CCC(C)C(NC(=O)CNC(=O)CNC(=O)C(N)CC(N)=O)C(=O)O. The van der Waals surface area contributed by atoms with Crippen LogP contribution in [0.3, 0.4) is 0 Å². The molecule has 0 bridgehead atoms. The van der Waals surface area contributed by atoms with Crippen molar-refractivity contribution in [2.45, 2.75) is 38.8 Å². The number of nitrogens with two attached hydrogens (primary N) is 2. The Labute approximate surface area is 144 Å². The second-order valence-corrected chi connectivity index (χ2v) is 5.54. The molecule has 0 aromatic heterocycles. The number of nitrogens with one attached hydrogen (secondary N) is 3. The van der Waals surface area contributed by atoms with E-state index in [2.05, 4.69) is 16.0 Å². The fourth-order valence-corrected chi connectivity index (χ4v) is 1.76. The van der Waals surface area contributed by atoms with Crippen LogP contribution in [0.4, 0.5) is 0 Å². The molecule has 0 aliphatic heterocycles. The summed E-state index contributed by atoms with van der Waals surface area (Å²) in [5.74, 6) is -4.27. The van der Waals surface area contributed by atoms with Gasteiger partial charge in [0.15, 0.2) is 0 Å². The summed E-state index contributed by atoms with van der Waals surface area (Å²) in [7, 11) is 0. The highest BCUT2D eigenvalue weighted by molar-refractivity contribution is 5.92. The van der Waals surface area contributed by atoms with Crippen molar-refractivity contribution in [3.05, 3.63) is 0 Å². The third-order valence-corrected chi connectivity index (χ3v) is 3.42. The molecule has 0 saturated carbocycles. The first kappa shape index (κ1) is 22.3. The maximum atomic E-state index is 11.7. The lowest BCUT2D eigenvalue weighted by Gasteiger charge is -2.20. The lowest BCUT2D eigenvalue weighted by Crippen LogP contribution is -2.50. The number of rotatable bonds is 11. The number of aliphatic carboxylic acids is 1. The first-order chi connectivity index (χ1) is 11.6. The van der Waals surface area contributed by atoms with Crippen LogP contribution in [0.5, 0.6) is 0 Å². The standard InChI is InChI=1S/C14H25N5O6/c1-3-7(2)12(14(24)25)19-11(22)6-17-10(21)5-18-13(23)8(15)4-9(16)20/h7-8,12H,3-6,15H2,1-2H3,(H2,16,20)(H,17,21)(H,18,23)(H,19,22)(H,24,25). The van der Waals surface area contributed by atoms with E-state index in [0.717, 1.165) is 0 Å². The fraction of sp³-hybridized carbons (Fsp3) is 0.643. The summed E-state index contributed by atoms with van der Waals surface area (Å²) < 4.78 is 0. The van der Waals surface area contributed by atoms with Crippen LogP contribution >= 0.6 is 0 Å². The van der Waals surface area contributed by atoms with Gasteiger partial charge < -0.3 is 32.5 Å². The third-order valence-electron chi connectivity index (χ3n) is 3.42. The number of hydrogen-bond acceptors (Lipinski definition) is 6. The molecule has 0 saturated heterocycles.